The Labute approximate surface area is 193 Å². The van der Waals surface area contributed by atoms with Crippen molar-refractivity contribution < 1.29 is 4.79 Å². The Kier molecular flexibility index (Phi) is 16.7. The number of likely N-dealkylation sites (N-methyl/N-ethyl adjacent to an activating group) is 1. The first-order chi connectivity index (χ1) is 14.8. The number of unbranched alkanes of at least 4 members (excludes halogenated alkanes) is 2. The van der Waals surface area contributed by atoms with Crippen molar-refractivity contribution >= 4 is 5.91 Å². The summed E-state index contributed by atoms with van der Waals surface area (Å²) in [6.45, 7) is 19.4. The van der Waals surface area contributed by atoms with Crippen LogP contribution in [0.5, 0.6) is 0 Å². The smallest absolute Gasteiger partial charge is 0.249 e. The summed E-state index contributed by atoms with van der Waals surface area (Å²) in [7, 11) is 1.82. The molecular weight excluding hydrogens is 380 g/mol. The fourth-order valence-electron chi connectivity index (χ4n) is 3.74. The van der Waals surface area contributed by atoms with Gasteiger partial charge >= 0.3 is 0 Å². The minimum Gasteiger partial charge on any atom is -0.338 e. The van der Waals surface area contributed by atoms with E-state index in [2.05, 4.69) is 31.4 Å². The van der Waals surface area contributed by atoms with Crippen LogP contribution in [-0.4, -0.2) is 48.4 Å². The van der Waals surface area contributed by atoms with E-state index in [9.17, 15) is 4.79 Å². The Hall–Kier alpha value is -1.87. The number of hydrogen-bond acceptors (Lipinski definition) is 2. The maximum absolute atomic E-state index is 11.9. The molecule has 0 aromatic heterocycles. The molecular formula is C28H48N2O. The molecule has 0 aromatic rings. The lowest BCUT2D eigenvalue weighted by molar-refractivity contribution is -0.125. The van der Waals surface area contributed by atoms with Crippen LogP contribution in [0.25, 0.3) is 0 Å². The Morgan fingerprint density at radius 3 is 2.32 bits per heavy atom. The average molecular weight is 429 g/mol. The highest BCUT2D eigenvalue weighted by molar-refractivity contribution is 5.92. The second-order valence-electron chi connectivity index (χ2n) is 8.61. The van der Waals surface area contributed by atoms with Gasteiger partial charge in [0.05, 0.1) is 0 Å². The van der Waals surface area contributed by atoms with Crippen LogP contribution >= 0.6 is 0 Å². The van der Waals surface area contributed by atoms with Crippen molar-refractivity contribution in [3.05, 3.63) is 59.8 Å². The molecule has 1 unspecified atom stereocenters. The molecule has 31 heavy (non-hydrogen) atoms. The largest absolute Gasteiger partial charge is 0.338 e. The number of hydrogen-bond donors (Lipinski definition) is 0. The van der Waals surface area contributed by atoms with Gasteiger partial charge in [0.2, 0.25) is 5.91 Å². The van der Waals surface area contributed by atoms with E-state index in [0.717, 1.165) is 22.8 Å². The highest BCUT2D eigenvalue weighted by Crippen LogP contribution is 2.15. The Bertz CT molecular complexity index is 633. The van der Waals surface area contributed by atoms with Crippen molar-refractivity contribution in [3.8, 4) is 0 Å². The molecule has 0 bridgehead atoms. The van der Waals surface area contributed by atoms with Crippen molar-refractivity contribution in [2.24, 2.45) is 0 Å². The predicted molar refractivity (Wildman–Crippen MR) is 138 cm³/mol. The highest BCUT2D eigenvalue weighted by atomic mass is 16.2. The third-order valence-electron chi connectivity index (χ3n) is 5.68. The molecule has 1 fully saturated rings. The summed E-state index contributed by atoms with van der Waals surface area (Å²) < 4.78 is 0. The van der Waals surface area contributed by atoms with Crippen LogP contribution in [0.4, 0.5) is 0 Å². The quantitative estimate of drug-likeness (QED) is 0.199. The molecule has 1 rings (SSSR count). The van der Waals surface area contributed by atoms with E-state index in [4.69, 9.17) is 0 Å². The Balaban J connectivity index is 0.000000639. The molecule has 1 aliphatic rings. The third kappa shape index (κ3) is 13.2. The average Bonchev–Trinajstić information content (AvgIpc) is 3.28. The van der Waals surface area contributed by atoms with E-state index in [1.54, 1.807) is 11.0 Å². The number of nitrogens with zero attached hydrogens (tertiary/aromatic N) is 2. The molecule has 1 aliphatic heterocycles. The molecule has 0 N–H and O–H groups in total. The van der Waals surface area contributed by atoms with E-state index >= 15 is 0 Å². The fourth-order valence-corrected chi connectivity index (χ4v) is 3.74. The topological polar surface area (TPSA) is 23.6 Å². The van der Waals surface area contributed by atoms with E-state index in [0.29, 0.717) is 6.54 Å². The van der Waals surface area contributed by atoms with E-state index < -0.39 is 0 Å². The lowest BCUT2D eigenvalue weighted by Crippen LogP contribution is -2.29. The van der Waals surface area contributed by atoms with Crippen LogP contribution in [0.3, 0.4) is 0 Å². The van der Waals surface area contributed by atoms with Gasteiger partial charge in [0.25, 0.3) is 0 Å². The summed E-state index contributed by atoms with van der Waals surface area (Å²) >= 11 is 0. The first-order valence-corrected chi connectivity index (χ1v) is 12.1. The zero-order chi connectivity index (χ0) is 23.6. The van der Waals surface area contributed by atoms with Crippen LogP contribution in [0, 0.1) is 0 Å². The normalized spacial score (nSPS) is 16.8. The monoisotopic (exact) mass is 428 g/mol. The van der Waals surface area contributed by atoms with Crippen LogP contribution in [0.2, 0.25) is 0 Å². The molecule has 3 heteroatoms. The molecule has 0 aliphatic carbocycles. The summed E-state index contributed by atoms with van der Waals surface area (Å²) in [4.78, 5) is 16.3. The number of allylic oxidation sites excluding steroid dienone is 7. The van der Waals surface area contributed by atoms with Gasteiger partial charge in [0.15, 0.2) is 0 Å². The van der Waals surface area contributed by atoms with Gasteiger partial charge in [-0.3, -0.25) is 4.79 Å². The summed E-state index contributed by atoms with van der Waals surface area (Å²) in [6.07, 6.45) is 20.1. The first kappa shape index (κ1) is 29.1. The standard InChI is InChI=1S/C17H25NO.C11H23N/c1-7-10-16(11-8-2)12-14(4)13-18(6)17(19)15(5)9-3;1-3-4-5-8-11(2)12-9-6-7-10-12/h7-12H,1,13H2,2-6H3;11H,3-10H2,1-2H3/b11-8-,14-12+,15-9+,16-10+;. The van der Waals surface area contributed by atoms with Gasteiger partial charge in [0, 0.05) is 25.2 Å². The minimum atomic E-state index is 0.0653. The van der Waals surface area contributed by atoms with Crippen LogP contribution < -0.4 is 0 Å². The molecule has 0 radical (unpaired) electrons. The molecule has 1 saturated heterocycles. The zero-order valence-electron chi connectivity index (χ0n) is 21.4. The highest BCUT2D eigenvalue weighted by Gasteiger charge is 2.16. The van der Waals surface area contributed by atoms with Gasteiger partial charge in [-0.2, -0.15) is 0 Å². The second-order valence-corrected chi connectivity index (χ2v) is 8.61. The summed E-state index contributed by atoms with van der Waals surface area (Å²) in [5, 5.41) is 0. The fraction of sp³-hybridized carbons (Fsp3) is 0.607. The SMILES string of the molecule is C=C/C=C(\C=C/C)/C=C(\C)CN(C)C(=O)/C(C)=C/C.CCCCCC(C)N1CCCC1. The zero-order valence-corrected chi connectivity index (χ0v) is 21.4. The molecule has 0 spiro atoms. The molecule has 0 aromatic carbocycles. The van der Waals surface area contributed by atoms with Crippen molar-refractivity contribution in [1.29, 1.82) is 0 Å². The number of amides is 1. The summed E-state index contributed by atoms with van der Waals surface area (Å²) in [5.41, 5.74) is 2.98. The van der Waals surface area contributed by atoms with Crippen LogP contribution in [-0.2, 0) is 4.79 Å². The number of likely N-dealkylation sites (tertiary alicyclic amines) is 1. The van der Waals surface area contributed by atoms with Gasteiger partial charge in [-0.05, 0) is 72.5 Å². The lowest BCUT2D eigenvalue weighted by atomic mass is 10.1. The molecule has 176 valence electrons. The van der Waals surface area contributed by atoms with Crippen molar-refractivity contribution in [2.45, 2.75) is 86.1 Å². The maximum Gasteiger partial charge on any atom is 0.249 e. The van der Waals surface area contributed by atoms with Gasteiger partial charge < -0.3 is 9.80 Å². The number of carbonyl (C=O) groups excluding carboxylic acids is 1. The van der Waals surface area contributed by atoms with Crippen LogP contribution in [0.1, 0.15) is 80.1 Å². The molecule has 1 atom stereocenters. The Morgan fingerprint density at radius 1 is 1.16 bits per heavy atom. The van der Waals surface area contributed by atoms with E-state index in [1.165, 1.54) is 51.6 Å². The first-order valence-electron chi connectivity index (χ1n) is 12.1. The molecule has 1 heterocycles. The number of rotatable bonds is 11. The lowest BCUT2D eigenvalue weighted by Gasteiger charge is -2.23. The third-order valence-corrected chi connectivity index (χ3v) is 5.68. The summed E-state index contributed by atoms with van der Waals surface area (Å²) in [5.74, 6) is 0.0653. The second kappa shape index (κ2) is 17.8. The van der Waals surface area contributed by atoms with Gasteiger partial charge in [-0.25, -0.2) is 0 Å². The summed E-state index contributed by atoms with van der Waals surface area (Å²) in [6, 6.07) is 0.846. The van der Waals surface area contributed by atoms with Crippen molar-refractivity contribution in [1.82, 2.24) is 9.80 Å². The van der Waals surface area contributed by atoms with Crippen molar-refractivity contribution in [2.75, 3.05) is 26.7 Å². The maximum atomic E-state index is 11.9. The predicted octanol–water partition coefficient (Wildman–Crippen LogP) is 7.10. The van der Waals surface area contributed by atoms with E-state index in [1.807, 2.05) is 59.0 Å². The van der Waals surface area contributed by atoms with Gasteiger partial charge in [-0.1, -0.05) is 74.8 Å². The van der Waals surface area contributed by atoms with E-state index in [-0.39, 0.29) is 5.91 Å². The van der Waals surface area contributed by atoms with Crippen molar-refractivity contribution in [3.63, 3.8) is 0 Å². The molecule has 1 amide bonds. The van der Waals surface area contributed by atoms with Gasteiger partial charge in [0.1, 0.15) is 0 Å². The molecule has 0 saturated carbocycles. The Morgan fingerprint density at radius 2 is 1.81 bits per heavy atom. The van der Waals surface area contributed by atoms with Gasteiger partial charge in [-0.15, -0.1) is 0 Å². The van der Waals surface area contributed by atoms with Crippen LogP contribution in [0.15, 0.2) is 59.8 Å². The number of carbonyl (C=O) groups is 1. The minimum absolute atomic E-state index is 0.0653. The molecule has 3 nitrogen and oxygen atoms in total.